The standard InChI is InChI=1S/C36H42N6O.C34H38N6O/c1-41-21-23-42(24-22-41)20-8-19-37-36-38-26-29-25-33(31-12-5-6-13-32(31)35(29)40-36)28-15-17-30(18-16-28)39-34(43)14-7-11-27-9-3-2-4-10-27;1-39-18-20-40(21-19-39)17-7-16-35-34-36-24-27-23-31(29-10-5-6-11-30(29)33(27)38-34)26-12-14-28(15-13-26)37-32(41)22-25-8-3-2-4-9-25/h2-6,9-10,12-13,15-18,26,33H,7-8,11,14,19-25H2,1H3,(H,39,43)(H,37,38,40);2-6,8-15,24,31H,7,16-23H2,1H3,(H,37,41)(H,35,36,38). The predicted octanol–water partition coefficient (Wildman–Crippen LogP) is 10.9. The van der Waals surface area contributed by atoms with E-state index >= 15 is 0 Å². The number of carbonyl (C=O) groups excluding carboxylic acids is 2. The van der Waals surface area contributed by atoms with Crippen molar-refractivity contribution in [3.8, 4) is 22.5 Å². The van der Waals surface area contributed by atoms with Crippen LogP contribution in [0.3, 0.4) is 0 Å². The summed E-state index contributed by atoms with van der Waals surface area (Å²) in [5.41, 5.74) is 15.7. The van der Waals surface area contributed by atoms with Gasteiger partial charge in [-0.1, -0.05) is 133 Å². The summed E-state index contributed by atoms with van der Waals surface area (Å²) < 4.78 is 0. The zero-order valence-electron chi connectivity index (χ0n) is 48.9. The molecule has 2 unspecified atom stereocenters. The molecule has 14 heteroatoms. The molecule has 0 spiro atoms. The number of benzene rings is 6. The fraction of sp³-hybridized carbons (Fsp3) is 0.343. The van der Waals surface area contributed by atoms with Crippen LogP contribution in [0.25, 0.3) is 22.5 Å². The third-order valence-electron chi connectivity index (χ3n) is 16.9. The van der Waals surface area contributed by atoms with Crippen LogP contribution < -0.4 is 21.3 Å². The van der Waals surface area contributed by atoms with Crippen LogP contribution in [0, 0.1) is 0 Å². The van der Waals surface area contributed by atoms with Gasteiger partial charge < -0.3 is 40.9 Å². The van der Waals surface area contributed by atoms with E-state index in [0.717, 1.165) is 151 Å². The van der Waals surface area contributed by atoms with E-state index in [1.807, 2.05) is 85.2 Å². The largest absolute Gasteiger partial charge is 0.354 e. The maximum atomic E-state index is 12.6. The first-order chi connectivity index (χ1) is 41.2. The van der Waals surface area contributed by atoms with Gasteiger partial charge in [-0.2, -0.15) is 0 Å². The molecule has 6 aromatic carbocycles. The molecule has 2 atom stereocenters. The van der Waals surface area contributed by atoms with Crippen LogP contribution in [0.15, 0.2) is 170 Å². The highest BCUT2D eigenvalue weighted by molar-refractivity contribution is 5.92. The topological polar surface area (TPSA) is 147 Å². The summed E-state index contributed by atoms with van der Waals surface area (Å²) in [6, 6.07) is 53.9. The zero-order valence-corrected chi connectivity index (χ0v) is 48.9. The van der Waals surface area contributed by atoms with E-state index in [0.29, 0.717) is 24.7 Å². The highest BCUT2D eigenvalue weighted by Gasteiger charge is 2.29. The molecule has 4 aliphatic rings. The molecule has 2 amide bonds. The maximum absolute atomic E-state index is 12.6. The Morgan fingerprint density at radius 3 is 1.38 bits per heavy atom. The second kappa shape index (κ2) is 28.4. The Labute approximate surface area is 496 Å². The number of piperazine rings is 2. The lowest BCUT2D eigenvalue weighted by atomic mass is 9.78. The SMILES string of the molecule is CN1CCN(CCCNc2ncc3c(n2)-c2ccccc2C(c2ccc(NC(=O)CCCc4ccccc4)cc2)C3)CC1.CN1CCN(CCCNc2ncc3c(n2)-c2ccccc2C(c2ccc(NC(=O)Cc4ccccc4)cc2)C3)CC1. The van der Waals surface area contributed by atoms with E-state index < -0.39 is 0 Å². The summed E-state index contributed by atoms with van der Waals surface area (Å²) in [5, 5.41) is 13.0. The van der Waals surface area contributed by atoms with Gasteiger partial charge in [-0.25, -0.2) is 19.9 Å². The molecule has 2 aromatic heterocycles. The third-order valence-corrected chi connectivity index (χ3v) is 16.9. The van der Waals surface area contributed by atoms with E-state index in [9.17, 15) is 9.59 Å². The summed E-state index contributed by atoms with van der Waals surface area (Å²) in [7, 11) is 4.39. The minimum absolute atomic E-state index is 0.0122. The molecule has 0 bridgehead atoms. The van der Waals surface area contributed by atoms with Crippen LogP contribution in [0.2, 0.25) is 0 Å². The van der Waals surface area contributed by atoms with Crippen molar-refractivity contribution in [2.24, 2.45) is 0 Å². The molecule has 0 radical (unpaired) electrons. The molecular formula is C70H80N12O2. The summed E-state index contributed by atoms with van der Waals surface area (Å²) in [5.74, 6) is 1.87. The summed E-state index contributed by atoms with van der Waals surface area (Å²) in [6.07, 6.45) is 10.5. The molecular weight excluding hydrogens is 1040 g/mol. The molecule has 14 nitrogen and oxygen atoms in total. The van der Waals surface area contributed by atoms with E-state index in [4.69, 9.17) is 9.97 Å². The van der Waals surface area contributed by atoms with Crippen molar-refractivity contribution in [3.05, 3.63) is 215 Å². The van der Waals surface area contributed by atoms with Crippen LogP contribution >= 0.6 is 0 Å². The smallest absolute Gasteiger partial charge is 0.228 e. The Balaban J connectivity index is 0.000000176. The van der Waals surface area contributed by atoms with Gasteiger partial charge in [0.2, 0.25) is 23.7 Å². The van der Waals surface area contributed by atoms with Gasteiger partial charge in [-0.05, 0) is 134 Å². The molecule has 12 rings (SSSR count). The lowest BCUT2D eigenvalue weighted by molar-refractivity contribution is -0.116. The minimum Gasteiger partial charge on any atom is -0.354 e. The van der Waals surface area contributed by atoms with E-state index in [-0.39, 0.29) is 23.7 Å². The Hall–Kier alpha value is -8.14. The quantitative estimate of drug-likeness (QED) is 0.0539. The number of hydrogen-bond acceptors (Lipinski definition) is 12. The van der Waals surface area contributed by atoms with Crippen molar-refractivity contribution in [1.82, 2.24) is 39.5 Å². The summed E-state index contributed by atoms with van der Waals surface area (Å²) >= 11 is 0. The summed E-state index contributed by atoms with van der Waals surface area (Å²) in [4.78, 5) is 54.3. The number of likely N-dealkylation sites (N-methyl/N-ethyl adjacent to an activating group) is 2. The van der Waals surface area contributed by atoms with Gasteiger partial charge in [0.05, 0.1) is 17.8 Å². The molecule has 0 saturated carbocycles. The van der Waals surface area contributed by atoms with Crippen LogP contribution in [-0.4, -0.2) is 144 Å². The maximum Gasteiger partial charge on any atom is 0.228 e. The second-order valence-corrected chi connectivity index (χ2v) is 23.0. The third kappa shape index (κ3) is 15.3. The fourth-order valence-corrected chi connectivity index (χ4v) is 12.1. The van der Waals surface area contributed by atoms with Gasteiger partial charge in [0.25, 0.3) is 0 Å². The van der Waals surface area contributed by atoms with Gasteiger partial charge >= 0.3 is 0 Å². The average molecular weight is 1120 g/mol. The molecule has 2 saturated heterocycles. The minimum atomic E-state index is -0.0122. The number of hydrogen-bond donors (Lipinski definition) is 4. The number of carbonyl (C=O) groups is 2. The number of rotatable bonds is 20. The van der Waals surface area contributed by atoms with Crippen LogP contribution in [-0.2, 0) is 35.3 Å². The van der Waals surface area contributed by atoms with Gasteiger partial charge in [-0.15, -0.1) is 0 Å². The fourth-order valence-electron chi connectivity index (χ4n) is 12.1. The number of amides is 2. The lowest BCUT2D eigenvalue weighted by Crippen LogP contribution is -2.44. The normalized spacial score (nSPS) is 16.8. The highest BCUT2D eigenvalue weighted by Crippen LogP contribution is 2.43. The highest BCUT2D eigenvalue weighted by atomic mass is 16.2. The van der Waals surface area contributed by atoms with Crippen LogP contribution in [0.1, 0.15) is 82.0 Å². The Morgan fingerprint density at radius 2 is 0.905 bits per heavy atom. The van der Waals surface area contributed by atoms with Crippen LogP contribution in [0.4, 0.5) is 23.3 Å². The van der Waals surface area contributed by atoms with Gasteiger partial charge in [0, 0.05) is 119 Å². The predicted molar refractivity (Wildman–Crippen MR) is 340 cm³/mol. The van der Waals surface area contributed by atoms with Crippen molar-refractivity contribution < 1.29 is 9.59 Å². The van der Waals surface area contributed by atoms with Crippen molar-refractivity contribution >= 4 is 35.1 Å². The monoisotopic (exact) mass is 1120 g/mol. The zero-order chi connectivity index (χ0) is 57.5. The first kappa shape index (κ1) is 57.7. The van der Waals surface area contributed by atoms with Crippen molar-refractivity contribution in [2.45, 2.75) is 63.2 Å². The molecule has 2 aliphatic carbocycles. The first-order valence-electron chi connectivity index (χ1n) is 30.3. The molecule has 2 fully saturated rings. The number of anilines is 4. The Kier molecular flexibility index (Phi) is 19.5. The first-order valence-corrected chi connectivity index (χ1v) is 30.3. The van der Waals surface area contributed by atoms with E-state index in [2.05, 4.69) is 150 Å². The second-order valence-electron chi connectivity index (χ2n) is 23.0. The molecule has 84 heavy (non-hydrogen) atoms. The molecule has 432 valence electrons. The van der Waals surface area contributed by atoms with Crippen LogP contribution in [0.5, 0.6) is 0 Å². The lowest BCUT2D eigenvalue weighted by Gasteiger charge is -2.32. The van der Waals surface area contributed by atoms with Crippen molar-refractivity contribution in [2.75, 3.05) is 114 Å². The average Bonchev–Trinajstić information content (AvgIpc) is 2.33. The molecule has 2 aliphatic heterocycles. The van der Waals surface area contributed by atoms with Crippen molar-refractivity contribution in [3.63, 3.8) is 0 Å². The molecule has 4 heterocycles. The van der Waals surface area contributed by atoms with Gasteiger partial charge in [0.15, 0.2) is 0 Å². The van der Waals surface area contributed by atoms with E-state index in [1.165, 1.54) is 44.5 Å². The number of nitrogens with zero attached hydrogens (tertiary/aromatic N) is 8. The molecule has 8 aromatic rings. The number of nitrogens with one attached hydrogen (secondary N) is 4. The van der Waals surface area contributed by atoms with Crippen molar-refractivity contribution in [1.29, 1.82) is 0 Å². The van der Waals surface area contributed by atoms with Gasteiger partial charge in [0.1, 0.15) is 0 Å². The number of aromatic nitrogens is 4. The Morgan fingerprint density at radius 1 is 0.476 bits per heavy atom. The Bertz CT molecular complexity index is 3420. The summed E-state index contributed by atoms with van der Waals surface area (Å²) in [6.45, 7) is 13.1. The number of fused-ring (bicyclic) bond motifs is 6. The van der Waals surface area contributed by atoms with Gasteiger partial charge in [-0.3, -0.25) is 9.59 Å². The molecule has 4 N–H and O–H groups in total. The van der Waals surface area contributed by atoms with E-state index in [1.54, 1.807) is 0 Å². The number of aryl methyl sites for hydroxylation is 1.